The molecule has 2 aromatic carbocycles. The summed E-state index contributed by atoms with van der Waals surface area (Å²) in [7, 11) is 0. The lowest BCUT2D eigenvalue weighted by atomic mass is 10.00. The molecule has 1 aliphatic rings. The van der Waals surface area contributed by atoms with Crippen LogP contribution in [0.1, 0.15) is 48.1 Å². The number of anilines is 2. The molecule has 5 rings (SSSR count). The number of amides is 1. The summed E-state index contributed by atoms with van der Waals surface area (Å²) in [5.41, 5.74) is 7.03. The maximum Gasteiger partial charge on any atom is 0.224 e. The first-order valence-electron chi connectivity index (χ1n) is 12.1. The molecule has 7 heteroatoms. The number of aryl methyl sites for hydroxylation is 2. The second-order valence-electron chi connectivity index (χ2n) is 8.97. The van der Waals surface area contributed by atoms with E-state index in [2.05, 4.69) is 74.5 Å². The molecule has 0 bridgehead atoms. The van der Waals surface area contributed by atoms with Gasteiger partial charge in [0, 0.05) is 41.1 Å². The molecule has 4 aromatic rings. The van der Waals surface area contributed by atoms with E-state index in [9.17, 15) is 4.79 Å². The van der Waals surface area contributed by atoms with E-state index in [1.165, 1.54) is 0 Å². The van der Waals surface area contributed by atoms with Gasteiger partial charge in [-0.3, -0.25) is 9.78 Å². The fourth-order valence-corrected chi connectivity index (χ4v) is 5.18. The molecule has 2 unspecified atom stereocenters. The highest BCUT2D eigenvalue weighted by Gasteiger charge is 2.42. The fourth-order valence-electron chi connectivity index (χ4n) is 4.83. The molecule has 2 aromatic heterocycles. The molecule has 1 amide bonds. The zero-order valence-electron chi connectivity index (χ0n) is 20.6. The van der Waals surface area contributed by atoms with Crippen molar-refractivity contribution in [2.24, 2.45) is 0 Å². The first kappa shape index (κ1) is 23.8. The average Bonchev–Trinajstić information content (AvgIpc) is 3.45. The Balaban J connectivity index is 1.64. The van der Waals surface area contributed by atoms with Crippen molar-refractivity contribution >= 4 is 34.6 Å². The highest BCUT2D eigenvalue weighted by molar-refractivity contribution is 7.80. The Morgan fingerprint density at radius 3 is 2.47 bits per heavy atom. The fraction of sp³-hybridized carbons (Fsp3) is 0.207. The van der Waals surface area contributed by atoms with Crippen molar-refractivity contribution in [3.05, 3.63) is 108 Å². The van der Waals surface area contributed by atoms with Crippen LogP contribution in [0.3, 0.4) is 0 Å². The third kappa shape index (κ3) is 4.38. The number of nitrogens with zero attached hydrogens (tertiary/aromatic N) is 3. The van der Waals surface area contributed by atoms with Gasteiger partial charge in [0.2, 0.25) is 5.91 Å². The molecule has 3 heterocycles. The first-order chi connectivity index (χ1) is 17.5. The third-order valence-corrected chi connectivity index (χ3v) is 6.92. The average molecular weight is 496 g/mol. The standard InChI is InChI=1S/C29H29N5OS/c1-4-26(35)31-23-15-14-22(18-19(23)2)34-28(27(32-29(34)36)24-12-8-9-17-30-24)25-16-13-20(3)33(25)21-10-6-5-7-11-21/h5-18,27-28H,4H2,1-3H3,(H,31,35)(H,32,36). The lowest BCUT2D eigenvalue weighted by molar-refractivity contribution is -0.115. The lowest BCUT2D eigenvalue weighted by Gasteiger charge is -2.30. The first-order valence-corrected chi connectivity index (χ1v) is 12.5. The van der Waals surface area contributed by atoms with Crippen molar-refractivity contribution in [1.29, 1.82) is 0 Å². The number of benzene rings is 2. The van der Waals surface area contributed by atoms with Crippen LogP contribution in [-0.2, 0) is 4.79 Å². The Bertz CT molecular complexity index is 1400. The number of hydrogen-bond donors (Lipinski definition) is 2. The maximum atomic E-state index is 12.0. The van der Waals surface area contributed by atoms with Gasteiger partial charge in [0.25, 0.3) is 0 Å². The Kier molecular flexibility index (Phi) is 6.57. The molecule has 2 atom stereocenters. The molecular formula is C29H29N5OS. The summed E-state index contributed by atoms with van der Waals surface area (Å²) < 4.78 is 2.28. The number of nitrogens with one attached hydrogen (secondary N) is 2. The molecule has 1 saturated heterocycles. The largest absolute Gasteiger partial charge is 0.351 e. The Labute approximate surface area is 217 Å². The summed E-state index contributed by atoms with van der Waals surface area (Å²) in [4.78, 5) is 18.8. The minimum Gasteiger partial charge on any atom is -0.351 e. The molecule has 2 N–H and O–H groups in total. The van der Waals surface area contributed by atoms with Gasteiger partial charge in [-0.15, -0.1) is 0 Å². The van der Waals surface area contributed by atoms with Crippen LogP contribution in [0.15, 0.2) is 85.1 Å². The minimum absolute atomic E-state index is 0.00605. The molecule has 0 saturated carbocycles. The summed E-state index contributed by atoms with van der Waals surface area (Å²) in [5, 5.41) is 7.16. The quantitative estimate of drug-likeness (QED) is 0.321. The van der Waals surface area contributed by atoms with E-state index in [1.807, 2.05) is 56.4 Å². The number of thiocarbonyl (C=S) groups is 1. The smallest absolute Gasteiger partial charge is 0.224 e. The molecule has 6 nitrogen and oxygen atoms in total. The molecular weight excluding hydrogens is 466 g/mol. The van der Waals surface area contributed by atoms with E-state index < -0.39 is 0 Å². The molecule has 182 valence electrons. The summed E-state index contributed by atoms with van der Waals surface area (Å²) in [6.07, 6.45) is 2.25. The number of rotatable bonds is 6. The van der Waals surface area contributed by atoms with E-state index in [-0.39, 0.29) is 18.0 Å². The number of aromatic nitrogens is 2. The van der Waals surface area contributed by atoms with Crippen molar-refractivity contribution < 1.29 is 4.79 Å². The van der Waals surface area contributed by atoms with Crippen molar-refractivity contribution in [2.45, 2.75) is 39.3 Å². The van der Waals surface area contributed by atoms with Gasteiger partial charge < -0.3 is 20.1 Å². The molecule has 1 aliphatic heterocycles. The predicted molar refractivity (Wildman–Crippen MR) is 149 cm³/mol. The molecule has 0 aliphatic carbocycles. The third-order valence-electron chi connectivity index (χ3n) is 6.61. The van der Waals surface area contributed by atoms with Crippen LogP contribution in [0.25, 0.3) is 5.69 Å². The van der Waals surface area contributed by atoms with E-state index in [0.717, 1.165) is 39.7 Å². The second kappa shape index (κ2) is 9.95. The molecule has 0 spiro atoms. The van der Waals surface area contributed by atoms with Gasteiger partial charge in [-0.05, 0) is 86.2 Å². The van der Waals surface area contributed by atoms with Crippen LogP contribution in [-0.4, -0.2) is 20.6 Å². The second-order valence-corrected chi connectivity index (χ2v) is 9.35. The molecule has 0 radical (unpaired) electrons. The van der Waals surface area contributed by atoms with Crippen molar-refractivity contribution in [1.82, 2.24) is 14.9 Å². The summed E-state index contributed by atoms with van der Waals surface area (Å²) >= 11 is 5.92. The van der Waals surface area contributed by atoms with Crippen LogP contribution in [0.2, 0.25) is 0 Å². The number of carbonyl (C=O) groups excluding carboxylic acids is 1. The minimum atomic E-state index is -0.143. The van der Waals surface area contributed by atoms with Gasteiger partial charge >= 0.3 is 0 Å². The topological polar surface area (TPSA) is 62.2 Å². The van der Waals surface area contributed by atoms with Crippen LogP contribution >= 0.6 is 12.2 Å². The van der Waals surface area contributed by atoms with Crippen molar-refractivity contribution in [3.63, 3.8) is 0 Å². The molecule has 1 fully saturated rings. The number of para-hydroxylation sites is 1. The summed E-state index contributed by atoms with van der Waals surface area (Å²) in [6.45, 7) is 5.97. The van der Waals surface area contributed by atoms with E-state index in [1.54, 1.807) is 0 Å². The van der Waals surface area contributed by atoms with Gasteiger partial charge in [0.1, 0.15) is 6.04 Å². The zero-order chi connectivity index (χ0) is 25.2. The zero-order valence-corrected chi connectivity index (χ0v) is 21.4. The van der Waals surface area contributed by atoms with Gasteiger partial charge in [0.15, 0.2) is 5.11 Å². The van der Waals surface area contributed by atoms with Crippen molar-refractivity contribution in [3.8, 4) is 5.69 Å². The Morgan fingerprint density at radius 1 is 1.00 bits per heavy atom. The monoisotopic (exact) mass is 495 g/mol. The Hall–Kier alpha value is -3.97. The lowest BCUT2D eigenvalue weighted by Crippen LogP contribution is -2.30. The van der Waals surface area contributed by atoms with Crippen LogP contribution < -0.4 is 15.5 Å². The maximum absolute atomic E-state index is 12.0. The van der Waals surface area contributed by atoms with Gasteiger partial charge in [-0.2, -0.15) is 0 Å². The SMILES string of the molecule is CCC(=O)Nc1ccc(N2C(=S)NC(c3ccccn3)C2c2ccc(C)n2-c2ccccc2)cc1C. The van der Waals surface area contributed by atoms with E-state index in [0.29, 0.717) is 11.5 Å². The highest BCUT2D eigenvalue weighted by atomic mass is 32.1. The van der Waals surface area contributed by atoms with Gasteiger partial charge in [-0.1, -0.05) is 31.2 Å². The normalized spacial score (nSPS) is 17.2. The highest BCUT2D eigenvalue weighted by Crippen LogP contribution is 2.43. The van der Waals surface area contributed by atoms with Gasteiger partial charge in [-0.25, -0.2) is 0 Å². The van der Waals surface area contributed by atoms with Crippen LogP contribution in [0, 0.1) is 13.8 Å². The van der Waals surface area contributed by atoms with E-state index >= 15 is 0 Å². The summed E-state index contributed by atoms with van der Waals surface area (Å²) in [6, 6.07) is 26.4. The molecule has 36 heavy (non-hydrogen) atoms. The van der Waals surface area contributed by atoms with Gasteiger partial charge in [0.05, 0.1) is 11.7 Å². The number of pyridine rings is 1. The predicted octanol–water partition coefficient (Wildman–Crippen LogP) is 6.01. The Morgan fingerprint density at radius 2 is 1.78 bits per heavy atom. The van der Waals surface area contributed by atoms with Crippen LogP contribution in [0.4, 0.5) is 11.4 Å². The number of carbonyl (C=O) groups is 1. The van der Waals surface area contributed by atoms with E-state index in [4.69, 9.17) is 12.2 Å². The summed E-state index contributed by atoms with van der Waals surface area (Å²) in [5.74, 6) is -0.00605. The van der Waals surface area contributed by atoms with Crippen LogP contribution in [0.5, 0.6) is 0 Å². The van der Waals surface area contributed by atoms with Crippen molar-refractivity contribution in [2.75, 3.05) is 10.2 Å². The number of hydrogen-bond acceptors (Lipinski definition) is 3.